The number of nitrogens with one attached hydrogen (secondary N) is 2. The van der Waals surface area contributed by atoms with Crippen LogP contribution < -0.4 is 10.6 Å². The number of anilines is 1. The summed E-state index contributed by atoms with van der Waals surface area (Å²) < 4.78 is 43.8. The van der Waals surface area contributed by atoms with Crippen molar-refractivity contribution in [3.63, 3.8) is 0 Å². The summed E-state index contributed by atoms with van der Waals surface area (Å²) in [4.78, 5) is 55.0. The highest BCUT2D eigenvalue weighted by Crippen LogP contribution is 2.33. The van der Waals surface area contributed by atoms with Crippen LogP contribution in [0.4, 0.5) is 23.1 Å². The second kappa shape index (κ2) is 9.79. The summed E-state index contributed by atoms with van der Waals surface area (Å²) in [5, 5.41) is 6.28. The number of nitrogens with zero attached hydrogens (tertiary/aromatic N) is 2. The normalized spacial score (nSPS) is 17.0. The standard InChI is InChI=1S/C21H21F3N4O5S/c1-10(2)7-14(16(29)27-19-25-13(9-34-19)18(31)33-3)28-17(30)15(26-20(28)32)11-5-4-6-12(8-11)21(22,23)24/h4-6,8-10,14-15H,7H2,1-3H3,(H,26,32)(H,25,27,29)/t14-,15?/m0/s1. The molecule has 0 radical (unpaired) electrons. The van der Waals surface area contributed by atoms with Gasteiger partial charge in [-0.1, -0.05) is 26.0 Å². The van der Waals surface area contributed by atoms with Crippen LogP contribution in [-0.2, 0) is 20.5 Å². The number of esters is 1. The van der Waals surface area contributed by atoms with E-state index >= 15 is 0 Å². The molecule has 2 aromatic rings. The predicted molar refractivity (Wildman–Crippen MR) is 115 cm³/mol. The van der Waals surface area contributed by atoms with Gasteiger partial charge in [-0.05, 0) is 30.0 Å². The SMILES string of the molecule is COC(=O)c1csc(NC(=O)[C@H](CC(C)C)N2C(=O)NC(c3cccc(C(F)(F)F)c3)C2=O)n1. The van der Waals surface area contributed by atoms with Crippen molar-refractivity contribution in [2.45, 2.75) is 38.5 Å². The third-order valence-corrected chi connectivity index (χ3v) is 5.71. The highest BCUT2D eigenvalue weighted by atomic mass is 32.1. The number of benzene rings is 1. The summed E-state index contributed by atoms with van der Waals surface area (Å²) in [6.07, 6.45) is -4.53. The number of carbonyl (C=O) groups excluding carboxylic acids is 4. The van der Waals surface area contributed by atoms with Gasteiger partial charge in [-0.15, -0.1) is 11.3 Å². The van der Waals surface area contributed by atoms with Crippen molar-refractivity contribution in [1.82, 2.24) is 15.2 Å². The number of ether oxygens (including phenoxy) is 1. The maximum absolute atomic E-state index is 13.1. The van der Waals surface area contributed by atoms with E-state index in [1.807, 2.05) is 0 Å². The summed E-state index contributed by atoms with van der Waals surface area (Å²) in [6.45, 7) is 3.56. The van der Waals surface area contributed by atoms with Crippen molar-refractivity contribution in [2.75, 3.05) is 12.4 Å². The molecule has 0 saturated carbocycles. The molecule has 1 aliphatic rings. The van der Waals surface area contributed by atoms with Crippen LogP contribution in [0.1, 0.15) is 47.9 Å². The van der Waals surface area contributed by atoms with Gasteiger partial charge in [0.1, 0.15) is 12.1 Å². The lowest BCUT2D eigenvalue weighted by Gasteiger charge is -2.25. The second-order valence-electron chi connectivity index (χ2n) is 7.88. The molecular formula is C21H21F3N4O5S. The molecule has 2 N–H and O–H groups in total. The number of rotatable bonds is 7. The molecule has 0 aliphatic carbocycles. The largest absolute Gasteiger partial charge is 0.464 e. The molecule has 34 heavy (non-hydrogen) atoms. The number of urea groups is 1. The van der Waals surface area contributed by atoms with Crippen molar-refractivity contribution in [1.29, 1.82) is 0 Å². The van der Waals surface area contributed by atoms with E-state index < -0.39 is 47.6 Å². The Morgan fingerprint density at radius 1 is 1.29 bits per heavy atom. The van der Waals surface area contributed by atoms with E-state index in [-0.39, 0.29) is 28.7 Å². The molecule has 182 valence electrons. The first kappa shape index (κ1) is 25.1. The number of halogens is 3. The molecule has 3 rings (SSSR count). The van der Waals surface area contributed by atoms with Crippen molar-refractivity contribution in [3.8, 4) is 0 Å². The van der Waals surface area contributed by atoms with Crippen molar-refractivity contribution < 1.29 is 37.1 Å². The first-order valence-corrected chi connectivity index (χ1v) is 11.0. The maximum atomic E-state index is 13.1. The van der Waals surface area contributed by atoms with Gasteiger partial charge in [0.25, 0.3) is 5.91 Å². The Morgan fingerprint density at radius 2 is 2.00 bits per heavy atom. The number of hydrogen-bond donors (Lipinski definition) is 2. The Labute approximate surface area is 196 Å². The fraction of sp³-hybridized carbons (Fsp3) is 0.381. The first-order chi connectivity index (χ1) is 15.9. The monoisotopic (exact) mass is 498 g/mol. The summed E-state index contributed by atoms with van der Waals surface area (Å²) in [7, 11) is 1.18. The van der Waals surface area contributed by atoms with Crippen LogP contribution in [0.3, 0.4) is 0 Å². The van der Waals surface area contributed by atoms with Crippen LogP contribution in [-0.4, -0.2) is 46.9 Å². The number of hydrogen-bond acceptors (Lipinski definition) is 7. The van der Waals surface area contributed by atoms with Crippen LogP contribution >= 0.6 is 11.3 Å². The molecule has 2 heterocycles. The molecule has 4 amide bonds. The van der Waals surface area contributed by atoms with Crippen molar-refractivity contribution in [2.24, 2.45) is 5.92 Å². The fourth-order valence-corrected chi connectivity index (χ4v) is 4.09. The lowest BCUT2D eigenvalue weighted by molar-refractivity contribution is -0.138. The van der Waals surface area contributed by atoms with Gasteiger partial charge in [0.15, 0.2) is 10.8 Å². The number of carbonyl (C=O) groups is 4. The van der Waals surface area contributed by atoms with E-state index in [0.717, 1.165) is 34.4 Å². The number of aromatic nitrogens is 1. The van der Waals surface area contributed by atoms with Crippen molar-refractivity contribution >= 4 is 40.3 Å². The molecule has 1 fully saturated rings. The number of methoxy groups -OCH3 is 1. The quantitative estimate of drug-likeness (QED) is 0.445. The van der Waals surface area contributed by atoms with Gasteiger partial charge in [-0.25, -0.2) is 19.5 Å². The predicted octanol–water partition coefficient (Wildman–Crippen LogP) is 3.59. The van der Waals surface area contributed by atoms with E-state index in [9.17, 15) is 32.3 Å². The summed E-state index contributed by atoms with van der Waals surface area (Å²) in [5.41, 5.74) is -1.04. The zero-order valence-electron chi connectivity index (χ0n) is 18.3. The number of amides is 4. The van der Waals surface area contributed by atoms with Gasteiger partial charge < -0.3 is 15.4 Å². The lowest BCUT2D eigenvalue weighted by atomic mass is 10.00. The van der Waals surface area contributed by atoms with Gasteiger partial charge in [0, 0.05) is 5.38 Å². The van der Waals surface area contributed by atoms with Crippen LogP contribution in [0.2, 0.25) is 0 Å². The molecule has 0 spiro atoms. The Balaban J connectivity index is 1.85. The molecule has 1 aromatic heterocycles. The summed E-state index contributed by atoms with van der Waals surface area (Å²) in [5.74, 6) is -2.40. The molecule has 1 aromatic carbocycles. The Hall–Kier alpha value is -3.48. The highest BCUT2D eigenvalue weighted by Gasteiger charge is 2.46. The average Bonchev–Trinajstić information content (AvgIpc) is 3.35. The average molecular weight is 498 g/mol. The van der Waals surface area contributed by atoms with Gasteiger partial charge >= 0.3 is 18.2 Å². The Morgan fingerprint density at radius 3 is 2.62 bits per heavy atom. The van der Waals surface area contributed by atoms with Crippen LogP contribution in [0.5, 0.6) is 0 Å². The molecule has 13 heteroatoms. The minimum Gasteiger partial charge on any atom is -0.464 e. The third kappa shape index (κ3) is 5.35. The van der Waals surface area contributed by atoms with Gasteiger partial charge in [0.2, 0.25) is 5.91 Å². The second-order valence-corrected chi connectivity index (χ2v) is 8.74. The molecule has 0 bridgehead atoms. The number of thiazole rings is 1. The molecule has 2 atom stereocenters. The van der Waals surface area contributed by atoms with E-state index in [0.29, 0.717) is 0 Å². The molecule has 1 saturated heterocycles. The van der Waals surface area contributed by atoms with E-state index in [1.165, 1.54) is 18.6 Å². The fourth-order valence-electron chi connectivity index (χ4n) is 3.40. The van der Waals surface area contributed by atoms with E-state index in [4.69, 9.17) is 0 Å². The van der Waals surface area contributed by atoms with Crippen LogP contribution in [0.25, 0.3) is 0 Å². The summed E-state index contributed by atoms with van der Waals surface area (Å²) in [6, 6.07) is 0.546. The zero-order chi connectivity index (χ0) is 25.2. The smallest absolute Gasteiger partial charge is 0.416 e. The van der Waals surface area contributed by atoms with Crippen LogP contribution in [0.15, 0.2) is 29.6 Å². The molecular weight excluding hydrogens is 477 g/mol. The van der Waals surface area contributed by atoms with Gasteiger partial charge in [-0.3, -0.25) is 9.59 Å². The minimum absolute atomic E-state index is 0.0252. The Kier molecular flexibility index (Phi) is 7.24. The van der Waals surface area contributed by atoms with E-state index in [2.05, 4.69) is 20.4 Å². The first-order valence-electron chi connectivity index (χ1n) is 10.1. The van der Waals surface area contributed by atoms with Crippen molar-refractivity contribution in [3.05, 3.63) is 46.5 Å². The molecule has 1 unspecified atom stereocenters. The van der Waals surface area contributed by atoms with Gasteiger partial charge in [0.05, 0.1) is 12.7 Å². The van der Waals surface area contributed by atoms with Crippen LogP contribution in [0, 0.1) is 5.92 Å². The third-order valence-electron chi connectivity index (χ3n) is 4.96. The number of imide groups is 1. The number of alkyl halides is 3. The minimum atomic E-state index is -4.63. The maximum Gasteiger partial charge on any atom is 0.416 e. The Bertz CT molecular complexity index is 1120. The topological polar surface area (TPSA) is 118 Å². The zero-order valence-corrected chi connectivity index (χ0v) is 19.1. The molecule has 1 aliphatic heterocycles. The molecule has 9 nitrogen and oxygen atoms in total. The summed E-state index contributed by atoms with van der Waals surface area (Å²) >= 11 is 0.949. The van der Waals surface area contributed by atoms with E-state index in [1.54, 1.807) is 13.8 Å². The van der Waals surface area contributed by atoms with Gasteiger partial charge in [-0.2, -0.15) is 13.2 Å². The highest BCUT2D eigenvalue weighted by molar-refractivity contribution is 7.14. The lowest BCUT2D eigenvalue weighted by Crippen LogP contribution is -2.48.